The number of ether oxygens (including phenoxy) is 1. The summed E-state index contributed by atoms with van der Waals surface area (Å²) in [6.45, 7) is 1.64. The van der Waals surface area contributed by atoms with E-state index in [0.29, 0.717) is 25.4 Å². The van der Waals surface area contributed by atoms with Gasteiger partial charge < -0.3 is 15.4 Å². The van der Waals surface area contributed by atoms with Crippen molar-refractivity contribution < 1.29 is 13.9 Å². The van der Waals surface area contributed by atoms with Crippen LogP contribution in [0.3, 0.4) is 0 Å². The highest BCUT2D eigenvalue weighted by Gasteiger charge is 2.36. The van der Waals surface area contributed by atoms with Gasteiger partial charge in [0.15, 0.2) is 0 Å². The zero-order valence-corrected chi connectivity index (χ0v) is 13.6. The number of halogens is 1. The van der Waals surface area contributed by atoms with Crippen LogP contribution in [0.25, 0.3) is 0 Å². The standard InChI is InChI=1S/C19H21FN2O2/c1-24-18-8-7-15(20)9-16(18)19(23)22-11-14(10-21)17(12-22)13-5-3-2-4-6-13/h2-9,14,17H,10-12,21H2,1H3/t14-,17+/m1/s1. The van der Waals surface area contributed by atoms with E-state index in [9.17, 15) is 9.18 Å². The molecule has 24 heavy (non-hydrogen) atoms. The van der Waals surface area contributed by atoms with E-state index in [2.05, 4.69) is 12.1 Å². The lowest BCUT2D eigenvalue weighted by molar-refractivity contribution is 0.0782. The number of carbonyl (C=O) groups excluding carboxylic acids is 1. The summed E-state index contributed by atoms with van der Waals surface area (Å²) in [5.41, 5.74) is 7.35. The third-order valence-electron chi connectivity index (χ3n) is 4.65. The Balaban J connectivity index is 1.86. The van der Waals surface area contributed by atoms with Crippen molar-refractivity contribution in [3.8, 4) is 5.75 Å². The van der Waals surface area contributed by atoms with Crippen molar-refractivity contribution in [3.05, 3.63) is 65.5 Å². The Morgan fingerprint density at radius 2 is 2.00 bits per heavy atom. The van der Waals surface area contributed by atoms with E-state index in [1.807, 2.05) is 18.2 Å². The lowest BCUT2D eigenvalue weighted by Crippen LogP contribution is -2.30. The number of likely N-dealkylation sites (tertiary alicyclic amines) is 1. The van der Waals surface area contributed by atoms with Gasteiger partial charge in [-0.05, 0) is 36.2 Å². The van der Waals surface area contributed by atoms with E-state index < -0.39 is 5.82 Å². The van der Waals surface area contributed by atoms with E-state index in [4.69, 9.17) is 10.5 Å². The summed E-state index contributed by atoms with van der Waals surface area (Å²) >= 11 is 0. The third-order valence-corrected chi connectivity index (χ3v) is 4.65. The summed E-state index contributed by atoms with van der Waals surface area (Å²) in [4.78, 5) is 14.6. The smallest absolute Gasteiger partial charge is 0.257 e. The molecule has 1 aliphatic heterocycles. The summed E-state index contributed by atoms with van der Waals surface area (Å²) in [5, 5.41) is 0. The normalized spacial score (nSPS) is 20.2. The fraction of sp³-hybridized carbons (Fsp3) is 0.316. The number of benzene rings is 2. The molecule has 2 N–H and O–H groups in total. The Bertz CT molecular complexity index is 721. The maximum atomic E-state index is 13.6. The molecule has 0 spiro atoms. The van der Waals surface area contributed by atoms with Crippen LogP contribution < -0.4 is 10.5 Å². The SMILES string of the molecule is COc1ccc(F)cc1C(=O)N1C[C@@H](CN)[C@H](c2ccccc2)C1. The Morgan fingerprint density at radius 1 is 1.25 bits per heavy atom. The second-order valence-corrected chi connectivity index (χ2v) is 6.07. The van der Waals surface area contributed by atoms with Crippen molar-refractivity contribution >= 4 is 5.91 Å². The molecule has 0 radical (unpaired) electrons. The fourth-order valence-electron chi connectivity index (χ4n) is 3.37. The van der Waals surface area contributed by atoms with Crippen LogP contribution in [0.4, 0.5) is 4.39 Å². The molecule has 5 heteroatoms. The van der Waals surface area contributed by atoms with Gasteiger partial charge in [0.2, 0.25) is 0 Å². The van der Waals surface area contributed by atoms with Crippen LogP contribution in [0.15, 0.2) is 48.5 Å². The molecule has 3 rings (SSSR count). The number of rotatable bonds is 4. The second-order valence-electron chi connectivity index (χ2n) is 6.07. The number of nitrogens with two attached hydrogens (primary N) is 1. The highest BCUT2D eigenvalue weighted by Crippen LogP contribution is 2.33. The predicted molar refractivity (Wildman–Crippen MR) is 90.6 cm³/mol. The van der Waals surface area contributed by atoms with Gasteiger partial charge in [-0.15, -0.1) is 0 Å². The van der Waals surface area contributed by atoms with Gasteiger partial charge >= 0.3 is 0 Å². The van der Waals surface area contributed by atoms with Crippen LogP contribution >= 0.6 is 0 Å². The molecular weight excluding hydrogens is 307 g/mol. The average Bonchev–Trinajstić information content (AvgIpc) is 3.06. The monoisotopic (exact) mass is 328 g/mol. The lowest BCUT2D eigenvalue weighted by Gasteiger charge is -2.18. The maximum Gasteiger partial charge on any atom is 0.257 e. The molecule has 1 heterocycles. The maximum absolute atomic E-state index is 13.6. The molecule has 4 nitrogen and oxygen atoms in total. The molecule has 0 saturated carbocycles. The van der Waals surface area contributed by atoms with Crippen molar-refractivity contribution in [2.24, 2.45) is 11.7 Å². The van der Waals surface area contributed by atoms with Crippen molar-refractivity contribution in [3.63, 3.8) is 0 Å². The number of hydrogen-bond donors (Lipinski definition) is 1. The van der Waals surface area contributed by atoms with Crippen LogP contribution in [0.1, 0.15) is 21.8 Å². The van der Waals surface area contributed by atoms with Gasteiger partial charge in [0.1, 0.15) is 11.6 Å². The number of hydrogen-bond acceptors (Lipinski definition) is 3. The number of methoxy groups -OCH3 is 1. The predicted octanol–water partition coefficient (Wildman–Crippen LogP) is 2.65. The van der Waals surface area contributed by atoms with Gasteiger partial charge in [0.25, 0.3) is 5.91 Å². The van der Waals surface area contributed by atoms with Gasteiger partial charge in [-0.2, -0.15) is 0 Å². The summed E-state index contributed by atoms with van der Waals surface area (Å²) in [5.74, 6) is 0.0982. The molecular formula is C19H21FN2O2. The first kappa shape index (κ1) is 16.5. The minimum absolute atomic E-state index is 0.191. The summed E-state index contributed by atoms with van der Waals surface area (Å²) < 4.78 is 18.8. The van der Waals surface area contributed by atoms with E-state index in [1.54, 1.807) is 4.90 Å². The molecule has 2 aromatic rings. The Labute approximate surface area is 141 Å². The topological polar surface area (TPSA) is 55.6 Å². The first-order valence-corrected chi connectivity index (χ1v) is 8.02. The third kappa shape index (κ3) is 3.12. The summed E-state index contributed by atoms with van der Waals surface area (Å²) in [7, 11) is 1.48. The molecule has 0 bridgehead atoms. The van der Waals surface area contributed by atoms with E-state index in [0.717, 1.165) is 0 Å². The molecule has 1 saturated heterocycles. The second kappa shape index (κ2) is 7.01. The van der Waals surface area contributed by atoms with Crippen LogP contribution in [-0.4, -0.2) is 37.6 Å². The Hall–Kier alpha value is -2.40. The van der Waals surface area contributed by atoms with E-state index in [-0.39, 0.29) is 23.3 Å². The van der Waals surface area contributed by atoms with E-state index in [1.165, 1.54) is 30.9 Å². The first-order valence-electron chi connectivity index (χ1n) is 8.02. The van der Waals surface area contributed by atoms with Crippen LogP contribution in [-0.2, 0) is 0 Å². The molecule has 2 aromatic carbocycles. The zero-order valence-electron chi connectivity index (χ0n) is 13.6. The summed E-state index contributed by atoms with van der Waals surface area (Å²) in [6.07, 6.45) is 0. The number of nitrogens with zero attached hydrogens (tertiary/aromatic N) is 1. The van der Waals surface area contributed by atoms with Crippen LogP contribution in [0, 0.1) is 11.7 Å². The van der Waals surface area contributed by atoms with Gasteiger partial charge in [-0.25, -0.2) is 4.39 Å². The molecule has 0 aliphatic carbocycles. The van der Waals surface area contributed by atoms with Gasteiger partial charge in [-0.3, -0.25) is 4.79 Å². The lowest BCUT2D eigenvalue weighted by atomic mass is 9.89. The highest BCUT2D eigenvalue weighted by molar-refractivity contribution is 5.97. The zero-order chi connectivity index (χ0) is 17.1. The summed E-state index contributed by atoms with van der Waals surface area (Å²) in [6, 6.07) is 14.1. The largest absolute Gasteiger partial charge is 0.496 e. The first-order chi connectivity index (χ1) is 11.6. The van der Waals surface area contributed by atoms with Crippen molar-refractivity contribution in [1.29, 1.82) is 0 Å². The molecule has 1 fully saturated rings. The Kier molecular flexibility index (Phi) is 4.81. The molecule has 126 valence electrons. The molecule has 2 atom stereocenters. The fourth-order valence-corrected chi connectivity index (χ4v) is 3.37. The van der Waals surface area contributed by atoms with Gasteiger partial charge in [0.05, 0.1) is 12.7 Å². The number of amides is 1. The minimum Gasteiger partial charge on any atom is -0.496 e. The van der Waals surface area contributed by atoms with Crippen molar-refractivity contribution in [2.75, 3.05) is 26.7 Å². The molecule has 0 aromatic heterocycles. The Morgan fingerprint density at radius 3 is 2.67 bits per heavy atom. The van der Waals surface area contributed by atoms with E-state index >= 15 is 0 Å². The highest BCUT2D eigenvalue weighted by atomic mass is 19.1. The molecule has 0 unspecified atom stereocenters. The average molecular weight is 328 g/mol. The van der Waals surface area contributed by atoms with Gasteiger partial charge in [-0.1, -0.05) is 30.3 Å². The van der Waals surface area contributed by atoms with Crippen molar-refractivity contribution in [1.82, 2.24) is 4.90 Å². The minimum atomic E-state index is -0.451. The van der Waals surface area contributed by atoms with Gasteiger partial charge in [0, 0.05) is 19.0 Å². The molecule has 1 aliphatic rings. The van der Waals surface area contributed by atoms with Crippen LogP contribution in [0.2, 0.25) is 0 Å². The molecule has 1 amide bonds. The number of carbonyl (C=O) groups is 1. The van der Waals surface area contributed by atoms with Crippen molar-refractivity contribution in [2.45, 2.75) is 5.92 Å². The quantitative estimate of drug-likeness (QED) is 0.939. The van der Waals surface area contributed by atoms with Crippen LogP contribution in [0.5, 0.6) is 5.75 Å².